The average molecular weight is 304 g/mol. The first kappa shape index (κ1) is 15.9. The van der Waals surface area contributed by atoms with Crippen LogP contribution < -0.4 is 10.5 Å². The predicted molar refractivity (Wildman–Crippen MR) is 89.0 cm³/mol. The summed E-state index contributed by atoms with van der Waals surface area (Å²) < 4.78 is 6.07. The lowest BCUT2D eigenvalue weighted by Crippen LogP contribution is -2.29. The van der Waals surface area contributed by atoms with Crippen LogP contribution in [-0.2, 0) is 0 Å². The van der Waals surface area contributed by atoms with E-state index in [4.69, 9.17) is 22.1 Å². The van der Waals surface area contributed by atoms with Gasteiger partial charge >= 0.3 is 0 Å². The van der Waals surface area contributed by atoms with Crippen LogP contribution in [-0.4, -0.2) is 6.04 Å². The van der Waals surface area contributed by atoms with Gasteiger partial charge in [-0.05, 0) is 36.6 Å². The molecule has 0 spiro atoms. The molecule has 2 nitrogen and oxygen atoms in total. The molecule has 2 rings (SSSR count). The molecule has 112 valence electrons. The van der Waals surface area contributed by atoms with Gasteiger partial charge in [0, 0.05) is 16.6 Å². The summed E-state index contributed by atoms with van der Waals surface area (Å²) in [6.07, 6.45) is -0.261. The summed E-state index contributed by atoms with van der Waals surface area (Å²) in [5.74, 6) is 1.31. The molecule has 0 aliphatic heterocycles. The largest absolute Gasteiger partial charge is 0.484 e. The number of benzene rings is 2. The van der Waals surface area contributed by atoms with E-state index in [9.17, 15) is 0 Å². The zero-order valence-electron chi connectivity index (χ0n) is 12.7. The Balaban J connectivity index is 2.23. The minimum Gasteiger partial charge on any atom is -0.484 e. The van der Waals surface area contributed by atoms with Crippen molar-refractivity contribution in [2.75, 3.05) is 0 Å². The van der Waals surface area contributed by atoms with Crippen LogP contribution in [0.1, 0.15) is 43.9 Å². The molecule has 2 atom stereocenters. The highest BCUT2D eigenvalue weighted by atomic mass is 35.5. The van der Waals surface area contributed by atoms with Crippen LogP contribution in [0, 0.1) is 0 Å². The smallest absolute Gasteiger partial charge is 0.140 e. The van der Waals surface area contributed by atoms with Gasteiger partial charge in [0.2, 0.25) is 0 Å². The summed E-state index contributed by atoms with van der Waals surface area (Å²) in [5, 5.41) is 0.679. The Morgan fingerprint density at radius 2 is 1.57 bits per heavy atom. The fourth-order valence-electron chi connectivity index (χ4n) is 2.24. The van der Waals surface area contributed by atoms with Crippen LogP contribution in [0.15, 0.2) is 48.5 Å². The standard InChI is InChI=1S/C18H22ClNO/c1-12(2)14-8-10-15(11-9-14)21-18(13(3)20)16-6-4-5-7-17(16)19/h4-13,18H,20H2,1-3H3. The fourth-order valence-corrected chi connectivity index (χ4v) is 2.48. The SMILES string of the molecule is CC(C)c1ccc(OC(c2ccccc2Cl)C(C)N)cc1. The fraction of sp³-hybridized carbons (Fsp3) is 0.333. The van der Waals surface area contributed by atoms with Gasteiger partial charge in [0.15, 0.2) is 0 Å². The Bertz CT molecular complexity index is 578. The second kappa shape index (κ2) is 6.97. The lowest BCUT2D eigenvalue weighted by Gasteiger charge is -2.24. The zero-order chi connectivity index (χ0) is 15.4. The van der Waals surface area contributed by atoms with Gasteiger partial charge in [-0.2, -0.15) is 0 Å². The third-order valence-corrected chi connectivity index (χ3v) is 3.84. The first-order valence-electron chi connectivity index (χ1n) is 7.25. The summed E-state index contributed by atoms with van der Waals surface area (Å²) in [7, 11) is 0. The number of ether oxygens (including phenoxy) is 1. The molecule has 0 aliphatic rings. The summed E-state index contributed by atoms with van der Waals surface area (Å²) >= 11 is 6.26. The van der Waals surface area contributed by atoms with Gasteiger partial charge < -0.3 is 10.5 Å². The highest BCUT2D eigenvalue weighted by molar-refractivity contribution is 6.31. The molecule has 0 aliphatic carbocycles. The summed E-state index contributed by atoms with van der Waals surface area (Å²) in [5.41, 5.74) is 8.29. The van der Waals surface area contributed by atoms with Gasteiger partial charge in [0.05, 0.1) is 0 Å². The zero-order valence-corrected chi connectivity index (χ0v) is 13.5. The first-order valence-corrected chi connectivity index (χ1v) is 7.63. The summed E-state index contributed by atoms with van der Waals surface area (Å²) in [4.78, 5) is 0. The molecule has 2 aromatic carbocycles. The highest BCUT2D eigenvalue weighted by Crippen LogP contribution is 2.30. The minimum absolute atomic E-state index is 0.158. The third kappa shape index (κ3) is 3.99. The Morgan fingerprint density at radius 1 is 0.952 bits per heavy atom. The Morgan fingerprint density at radius 3 is 2.10 bits per heavy atom. The van der Waals surface area contributed by atoms with Gasteiger partial charge in [-0.1, -0.05) is 55.8 Å². The Kier molecular flexibility index (Phi) is 5.27. The molecule has 2 N–H and O–H groups in total. The number of nitrogens with two attached hydrogens (primary N) is 1. The van der Waals surface area contributed by atoms with Crippen LogP contribution in [0.3, 0.4) is 0 Å². The summed E-state index contributed by atoms with van der Waals surface area (Å²) in [6, 6.07) is 15.7. The first-order chi connectivity index (χ1) is 9.99. The van der Waals surface area contributed by atoms with E-state index in [0.717, 1.165) is 11.3 Å². The predicted octanol–water partition coefficient (Wildman–Crippen LogP) is 4.93. The molecule has 0 aromatic heterocycles. The van der Waals surface area contributed by atoms with Gasteiger partial charge in [-0.15, -0.1) is 0 Å². The van der Waals surface area contributed by atoms with Gasteiger partial charge in [-0.25, -0.2) is 0 Å². The van der Waals surface area contributed by atoms with Crippen LogP contribution >= 0.6 is 11.6 Å². The van der Waals surface area contributed by atoms with E-state index in [1.165, 1.54) is 5.56 Å². The number of halogens is 1. The molecule has 3 heteroatoms. The summed E-state index contributed by atoms with van der Waals surface area (Å²) in [6.45, 7) is 6.27. The maximum Gasteiger partial charge on any atom is 0.140 e. The maximum atomic E-state index is 6.26. The van der Waals surface area contributed by atoms with E-state index >= 15 is 0 Å². The van der Waals surface area contributed by atoms with E-state index in [1.807, 2.05) is 43.3 Å². The molecule has 0 saturated carbocycles. The molecule has 0 fully saturated rings. The quantitative estimate of drug-likeness (QED) is 0.850. The lowest BCUT2D eigenvalue weighted by molar-refractivity contribution is 0.180. The van der Waals surface area contributed by atoms with Crippen molar-refractivity contribution >= 4 is 11.6 Å². The van der Waals surface area contributed by atoms with Gasteiger partial charge in [0.1, 0.15) is 11.9 Å². The highest BCUT2D eigenvalue weighted by Gasteiger charge is 2.20. The molecular formula is C18H22ClNO. The molecule has 0 saturated heterocycles. The van der Waals surface area contributed by atoms with Crippen molar-refractivity contribution in [1.82, 2.24) is 0 Å². The maximum absolute atomic E-state index is 6.26. The minimum atomic E-state index is -0.261. The van der Waals surface area contributed by atoms with Crippen molar-refractivity contribution in [1.29, 1.82) is 0 Å². The topological polar surface area (TPSA) is 35.2 Å². The van der Waals surface area contributed by atoms with Crippen LogP contribution in [0.4, 0.5) is 0 Å². The normalized spacial score (nSPS) is 14.0. The molecular weight excluding hydrogens is 282 g/mol. The van der Waals surface area contributed by atoms with E-state index < -0.39 is 0 Å². The molecule has 0 amide bonds. The van der Waals surface area contributed by atoms with Crippen molar-refractivity contribution < 1.29 is 4.74 Å². The molecule has 2 unspecified atom stereocenters. The Hall–Kier alpha value is -1.51. The van der Waals surface area contributed by atoms with E-state index in [1.54, 1.807) is 0 Å². The number of rotatable bonds is 5. The second-order valence-electron chi connectivity index (χ2n) is 5.64. The average Bonchev–Trinajstić information content (AvgIpc) is 2.46. The monoisotopic (exact) mass is 303 g/mol. The van der Waals surface area contributed by atoms with Crippen LogP contribution in [0.5, 0.6) is 5.75 Å². The van der Waals surface area contributed by atoms with E-state index in [0.29, 0.717) is 10.9 Å². The van der Waals surface area contributed by atoms with Crippen molar-refractivity contribution in [2.45, 2.75) is 38.8 Å². The Labute approximate surface area is 131 Å². The van der Waals surface area contributed by atoms with Crippen molar-refractivity contribution in [3.05, 3.63) is 64.7 Å². The number of hydrogen-bond donors (Lipinski definition) is 1. The van der Waals surface area contributed by atoms with Crippen LogP contribution in [0.25, 0.3) is 0 Å². The number of hydrogen-bond acceptors (Lipinski definition) is 2. The van der Waals surface area contributed by atoms with Crippen molar-refractivity contribution in [3.8, 4) is 5.75 Å². The second-order valence-corrected chi connectivity index (χ2v) is 6.05. The molecule has 0 heterocycles. The third-order valence-electron chi connectivity index (χ3n) is 3.50. The van der Waals surface area contributed by atoms with Crippen molar-refractivity contribution in [3.63, 3.8) is 0 Å². The van der Waals surface area contributed by atoms with E-state index in [-0.39, 0.29) is 12.1 Å². The van der Waals surface area contributed by atoms with E-state index in [2.05, 4.69) is 26.0 Å². The van der Waals surface area contributed by atoms with Gasteiger partial charge in [-0.3, -0.25) is 0 Å². The molecule has 0 bridgehead atoms. The molecule has 2 aromatic rings. The molecule has 21 heavy (non-hydrogen) atoms. The lowest BCUT2D eigenvalue weighted by atomic mass is 10.0. The van der Waals surface area contributed by atoms with Crippen molar-refractivity contribution in [2.24, 2.45) is 5.73 Å². The van der Waals surface area contributed by atoms with Crippen LogP contribution in [0.2, 0.25) is 5.02 Å². The van der Waals surface area contributed by atoms with Gasteiger partial charge in [0.25, 0.3) is 0 Å². The molecule has 0 radical (unpaired) electrons.